The van der Waals surface area contributed by atoms with Crippen molar-refractivity contribution in [2.75, 3.05) is 25.5 Å². The van der Waals surface area contributed by atoms with Gasteiger partial charge in [-0.15, -0.1) is 23.1 Å². The van der Waals surface area contributed by atoms with Crippen molar-refractivity contribution >= 4 is 35.0 Å². The van der Waals surface area contributed by atoms with Crippen LogP contribution in [-0.2, 0) is 20.7 Å². The Labute approximate surface area is 144 Å². The number of ether oxygens (including phenoxy) is 1. The molecule has 0 aliphatic carbocycles. The van der Waals surface area contributed by atoms with Crippen LogP contribution in [0.5, 0.6) is 0 Å². The smallest absolute Gasteiger partial charge is 0.305 e. The van der Waals surface area contributed by atoms with Gasteiger partial charge in [0.15, 0.2) is 0 Å². The Balaban J connectivity index is 1.78. The van der Waals surface area contributed by atoms with Crippen LogP contribution in [0.3, 0.4) is 0 Å². The lowest BCUT2D eigenvalue weighted by atomic mass is 10.0. The number of carboxylic acid groups (broad SMARTS) is 1. The number of carboxylic acids is 1. The standard InChI is InChI=1S/C16H21NO4S2/c18-14(19)1-6-17(11-2-7-21-8-3-11)16(20)15-12-4-9-22-13(12)5-10-23-15/h4,9,11,15H,1-3,5-8,10H2,(H,18,19)/t15-/m1/s1. The Kier molecular flexibility index (Phi) is 5.61. The first-order chi connectivity index (χ1) is 11.2. The second kappa shape index (κ2) is 7.68. The number of aliphatic carboxylic acids is 1. The molecule has 3 rings (SSSR count). The molecule has 1 aromatic heterocycles. The molecule has 0 radical (unpaired) electrons. The second-order valence-electron chi connectivity index (χ2n) is 5.82. The molecule has 1 atom stereocenters. The van der Waals surface area contributed by atoms with Gasteiger partial charge in [0.1, 0.15) is 5.25 Å². The third kappa shape index (κ3) is 3.89. The molecule has 2 aliphatic heterocycles. The maximum atomic E-state index is 13.1. The number of carbonyl (C=O) groups is 2. The van der Waals surface area contributed by atoms with E-state index in [2.05, 4.69) is 0 Å². The fourth-order valence-electron chi connectivity index (χ4n) is 3.19. The number of aryl methyl sites for hydroxylation is 1. The Bertz CT molecular complexity index is 568. The van der Waals surface area contributed by atoms with Crippen molar-refractivity contribution in [3.8, 4) is 0 Å². The number of fused-ring (bicyclic) bond motifs is 1. The van der Waals surface area contributed by atoms with Crippen LogP contribution in [0.25, 0.3) is 0 Å². The maximum Gasteiger partial charge on any atom is 0.305 e. The van der Waals surface area contributed by atoms with Crippen LogP contribution in [0.1, 0.15) is 35.0 Å². The molecule has 0 bridgehead atoms. The van der Waals surface area contributed by atoms with Crippen LogP contribution in [0, 0.1) is 0 Å². The van der Waals surface area contributed by atoms with Crippen molar-refractivity contribution in [1.82, 2.24) is 4.90 Å². The van der Waals surface area contributed by atoms with Crippen LogP contribution < -0.4 is 0 Å². The van der Waals surface area contributed by atoms with Crippen LogP contribution in [-0.4, -0.2) is 53.4 Å². The molecular formula is C16H21NO4S2. The number of thioether (sulfide) groups is 1. The van der Waals surface area contributed by atoms with Gasteiger partial charge in [-0.05, 0) is 42.0 Å². The number of nitrogens with zero attached hydrogens (tertiary/aromatic N) is 1. The lowest BCUT2D eigenvalue weighted by Crippen LogP contribution is -2.46. The molecule has 1 N–H and O–H groups in total. The Morgan fingerprint density at radius 1 is 1.35 bits per heavy atom. The fraction of sp³-hybridized carbons (Fsp3) is 0.625. The van der Waals surface area contributed by atoms with Gasteiger partial charge in [0.25, 0.3) is 0 Å². The van der Waals surface area contributed by atoms with E-state index in [1.54, 1.807) is 28.0 Å². The molecule has 3 heterocycles. The number of carbonyl (C=O) groups excluding carboxylic acids is 1. The quantitative estimate of drug-likeness (QED) is 0.879. The first-order valence-corrected chi connectivity index (χ1v) is 9.87. The number of thiophene rings is 1. The molecule has 0 saturated carbocycles. The van der Waals surface area contributed by atoms with E-state index in [9.17, 15) is 9.59 Å². The van der Waals surface area contributed by atoms with Gasteiger partial charge in [0.2, 0.25) is 5.91 Å². The van der Waals surface area contributed by atoms with Crippen LogP contribution in [0.15, 0.2) is 11.4 Å². The van der Waals surface area contributed by atoms with Crippen molar-refractivity contribution in [2.45, 2.75) is 37.0 Å². The summed E-state index contributed by atoms with van der Waals surface area (Å²) >= 11 is 3.40. The van der Waals surface area contributed by atoms with Crippen molar-refractivity contribution < 1.29 is 19.4 Å². The first-order valence-electron chi connectivity index (χ1n) is 7.94. The zero-order valence-corrected chi connectivity index (χ0v) is 14.5. The average molecular weight is 355 g/mol. The molecule has 0 aromatic carbocycles. The van der Waals surface area contributed by atoms with Gasteiger partial charge in [0.05, 0.1) is 6.42 Å². The molecule has 1 fully saturated rings. The highest BCUT2D eigenvalue weighted by Gasteiger charge is 2.35. The average Bonchev–Trinajstić information content (AvgIpc) is 3.04. The summed E-state index contributed by atoms with van der Waals surface area (Å²) in [5.74, 6) is 0.162. The van der Waals surface area contributed by atoms with Gasteiger partial charge >= 0.3 is 5.97 Å². The predicted octanol–water partition coefficient (Wildman–Crippen LogP) is 2.56. The van der Waals surface area contributed by atoms with Crippen molar-refractivity contribution in [2.24, 2.45) is 0 Å². The number of amides is 1. The summed E-state index contributed by atoms with van der Waals surface area (Å²) in [6, 6.07) is 2.15. The number of rotatable bonds is 5. The van der Waals surface area contributed by atoms with Gasteiger partial charge in [-0.25, -0.2) is 0 Å². The van der Waals surface area contributed by atoms with Crippen LogP contribution in [0.2, 0.25) is 0 Å². The van der Waals surface area contributed by atoms with Gasteiger partial charge in [-0.3, -0.25) is 9.59 Å². The van der Waals surface area contributed by atoms with Gasteiger partial charge in [0, 0.05) is 30.7 Å². The Morgan fingerprint density at radius 3 is 2.87 bits per heavy atom. The molecule has 1 aromatic rings. The van der Waals surface area contributed by atoms with E-state index in [0.717, 1.165) is 30.6 Å². The fourth-order valence-corrected chi connectivity index (χ4v) is 5.55. The molecule has 5 nitrogen and oxygen atoms in total. The summed E-state index contributed by atoms with van der Waals surface area (Å²) in [6.07, 6.45) is 2.60. The number of hydrogen-bond acceptors (Lipinski definition) is 5. The summed E-state index contributed by atoms with van der Waals surface area (Å²) in [7, 11) is 0. The van der Waals surface area contributed by atoms with Crippen molar-refractivity contribution in [1.29, 1.82) is 0 Å². The van der Waals surface area contributed by atoms with E-state index >= 15 is 0 Å². The highest BCUT2D eigenvalue weighted by molar-refractivity contribution is 8.00. The molecular weight excluding hydrogens is 334 g/mol. The minimum atomic E-state index is -0.859. The Morgan fingerprint density at radius 2 is 2.13 bits per heavy atom. The summed E-state index contributed by atoms with van der Waals surface area (Å²) in [6.45, 7) is 1.57. The molecule has 23 heavy (non-hydrogen) atoms. The van der Waals surface area contributed by atoms with Crippen LogP contribution >= 0.6 is 23.1 Å². The third-order valence-corrected chi connectivity index (χ3v) is 6.61. The molecule has 1 amide bonds. The molecule has 7 heteroatoms. The lowest BCUT2D eigenvalue weighted by molar-refractivity contribution is -0.140. The predicted molar refractivity (Wildman–Crippen MR) is 91.0 cm³/mol. The summed E-state index contributed by atoms with van der Waals surface area (Å²) in [4.78, 5) is 27.2. The highest BCUT2D eigenvalue weighted by Crippen LogP contribution is 2.41. The van der Waals surface area contributed by atoms with E-state index in [-0.39, 0.29) is 30.2 Å². The van der Waals surface area contributed by atoms with E-state index in [1.807, 2.05) is 11.4 Å². The molecule has 0 unspecified atom stereocenters. The number of hydrogen-bond donors (Lipinski definition) is 1. The first kappa shape index (κ1) is 16.8. The SMILES string of the molecule is O=C(O)CCN(C(=O)[C@@H]1SCCc2sccc21)C1CCOCC1. The Hall–Kier alpha value is -1.05. The normalized spacial score (nSPS) is 21.7. The van der Waals surface area contributed by atoms with E-state index < -0.39 is 5.97 Å². The van der Waals surface area contributed by atoms with E-state index in [1.165, 1.54) is 4.88 Å². The largest absolute Gasteiger partial charge is 0.481 e. The molecule has 1 saturated heterocycles. The zero-order valence-electron chi connectivity index (χ0n) is 12.9. The molecule has 2 aliphatic rings. The van der Waals surface area contributed by atoms with Gasteiger partial charge in [-0.2, -0.15) is 0 Å². The molecule has 0 spiro atoms. The monoisotopic (exact) mass is 355 g/mol. The van der Waals surface area contributed by atoms with Gasteiger partial charge in [-0.1, -0.05) is 0 Å². The summed E-state index contributed by atoms with van der Waals surface area (Å²) < 4.78 is 5.39. The van der Waals surface area contributed by atoms with Crippen molar-refractivity contribution in [3.05, 3.63) is 21.9 Å². The summed E-state index contributed by atoms with van der Waals surface area (Å²) in [5, 5.41) is 10.9. The minimum Gasteiger partial charge on any atom is -0.481 e. The second-order valence-corrected chi connectivity index (χ2v) is 8.03. The van der Waals surface area contributed by atoms with E-state index in [4.69, 9.17) is 9.84 Å². The topological polar surface area (TPSA) is 66.8 Å². The summed E-state index contributed by atoms with van der Waals surface area (Å²) in [5.41, 5.74) is 1.13. The lowest BCUT2D eigenvalue weighted by Gasteiger charge is -2.37. The van der Waals surface area contributed by atoms with Gasteiger partial charge < -0.3 is 14.7 Å². The third-order valence-electron chi connectivity index (χ3n) is 4.38. The van der Waals surface area contributed by atoms with Crippen LogP contribution in [0.4, 0.5) is 0 Å². The molecule has 126 valence electrons. The zero-order chi connectivity index (χ0) is 16.2. The minimum absolute atomic E-state index is 0.00300. The van der Waals surface area contributed by atoms with Crippen molar-refractivity contribution in [3.63, 3.8) is 0 Å². The highest BCUT2D eigenvalue weighted by atomic mass is 32.2. The van der Waals surface area contributed by atoms with E-state index in [0.29, 0.717) is 13.2 Å². The maximum absolute atomic E-state index is 13.1.